The van der Waals surface area contributed by atoms with Gasteiger partial charge in [-0.3, -0.25) is 4.79 Å². The second kappa shape index (κ2) is 8.11. The number of amides is 1. The van der Waals surface area contributed by atoms with E-state index in [1.165, 1.54) is 16.9 Å². The average Bonchev–Trinajstić information content (AvgIpc) is 3.00. The van der Waals surface area contributed by atoms with Gasteiger partial charge in [0.25, 0.3) is 0 Å². The van der Waals surface area contributed by atoms with Crippen molar-refractivity contribution in [2.24, 2.45) is 5.92 Å². The van der Waals surface area contributed by atoms with Gasteiger partial charge >= 0.3 is 0 Å². The highest BCUT2D eigenvalue weighted by Gasteiger charge is 2.10. The van der Waals surface area contributed by atoms with Gasteiger partial charge in [-0.1, -0.05) is 38.1 Å². The molecule has 3 nitrogen and oxygen atoms in total. The first kappa shape index (κ1) is 16.7. The van der Waals surface area contributed by atoms with Gasteiger partial charge in [0.2, 0.25) is 5.91 Å². The highest BCUT2D eigenvalue weighted by atomic mass is 32.1. The number of nitrogens with one attached hydrogen (secondary N) is 1. The van der Waals surface area contributed by atoms with Gasteiger partial charge in [0.05, 0.1) is 12.5 Å². The Kier molecular flexibility index (Phi) is 6.16. The summed E-state index contributed by atoms with van der Waals surface area (Å²) in [6, 6.07) is 10.1. The molecule has 0 aliphatic heterocycles. The number of carbonyl (C=O) groups excluding carboxylic acids is 1. The van der Waals surface area contributed by atoms with Crippen molar-refractivity contribution in [2.75, 3.05) is 6.54 Å². The molecular weight excluding hydrogens is 294 g/mol. The monoisotopic (exact) mass is 317 g/mol. The van der Waals surface area contributed by atoms with Gasteiger partial charge in [-0.25, -0.2) is 0 Å². The highest BCUT2D eigenvalue weighted by molar-refractivity contribution is 7.07. The predicted octanol–water partition coefficient (Wildman–Crippen LogP) is 3.34. The molecule has 1 aromatic carbocycles. The zero-order valence-electron chi connectivity index (χ0n) is 13.1. The molecule has 0 bridgehead atoms. The zero-order valence-corrected chi connectivity index (χ0v) is 13.9. The maximum absolute atomic E-state index is 11.9. The Hall–Kier alpha value is -1.65. The summed E-state index contributed by atoms with van der Waals surface area (Å²) in [6.07, 6.45) is 0.765. The quantitative estimate of drug-likeness (QED) is 0.823. The van der Waals surface area contributed by atoms with E-state index in [1.807, 2.05) is 29.0 Å². The molecule has 2 N–H and O–H groups in total. The topological polar surface area (TPSA) is 49.3 Å². The predicted molar refractivity (Wildman–Crippen MR) is 91.0 cm³/mol. The fourth-order valence-electron chi connectivity index (χ4n) is 2.31. The standard InChI is InChI=1S/C18H23NO2S/c1-13(2)9-14-3-5-15(6-4-14)10-18(21)19-11-17(20)16-7-8-22-12-16/h3-8,12-13,17,20H,9-11H2,1-2H3,(H,19,21). The summed E-state index contributed by atoms with van der Waals surface area (Å²) < 4.78 is 0. The summed E-state index contributed by atoms with van der Waals surface area (Å²) in [5, 5.41) is 16.5. The molecule has 4 heteroatoms. The smallest absolute Gasteiger partial charge is 0.224 e. The van der Waals surface area contributed by atoms with Crippen LogP contribution in [-0.4, -0.2) is 17.6 Å². The first-order valence-electron chi connectivity index (χ1n) is 7.59. The minimum atomic E-state index is -0.636. The molecule has 0 saturated heterocycles. The molecular formula is C18H23NO2S. The SMILES string of the molecule is CC(C)Cc1ccc(CC(=O)NCC(O)c2ccsc2)cc1. The molecule has 0 aliphatic rings. The molecule has 1 amide bonds. The van der Waals surface area contributed by atoms with Crippen molar-refractivity contribution in [2.45, 2.75) is 32.8 Å². The van der Waals surface area contributed by atoms with Crippen molar-refractivity contribution < 1.29 is 9.90 Å². The van der Waals surface area contributed by atoms with Crippen molar-refractivity contribution in [1.29, 1.82) is 0 Å². The Labute approximate surface area is 136 Å². The number of benzene rings is 1. The van der Waals surface area contributed by atoms with E-state index in [1.54, 1.807) is 0 Å². The number of hydrogen-bond donors (Lipinski definition) is 2. The van der Waals surface area contributed by atoms with E-state index in [-0.39, 0.29) is 12.5 Å². The lowest BCUT2D eigenvalue weighted by Crippen LogP contribution is -2.29. The molecule has 22 heavy (non-hydrogen) atoms. The fraction of sp³-hybridized carbons (Fsp3) is 0.389. The first-order valence-corrected chi connectivity index (χ1v) is 8.53. The average molecular weight is 317 g/mol. The van der Waals surface area contributed by atoms with Crippen LogP contribution in [0, 0.1) is 5.92 Å². The summed E-state index contributed by atoms with van der Waals surface area (Å²) in [6.45, 7) is 4.64. The van der Waals surface area contributed by atoms with Crippen LogP contribution < -0.4 is 5.32 Å². The van der Waals surface area contributed by atoms with E-state index in [0.29, 0.717) is 12.3 Å². The second-order valence-electron chi connectivity index (χ2n) is 5.97. The maximum atomic E-state index is 11.9. The van der Waals surface area contributed by atoms with Gasteiger partial charge in [-0.15, -0.1) is 0 Å². The molecule has 0 aliphatic carbocycles. The van der Waals surface area contributed by atoms with Crippen molar-refractivity contribution in [3.63, 3.8) is 0 Å². The van der Waals surface area contributed by atoms with E-state index in [0.717, 1.165) is 17.5 Å². The normalized spacial score (nSPS) is 12.4. The third-order valence-electron chi connectivity index (χ3n) is 3.45. The van der Waals surface area contributed by atoms with E-state index < -0.39 is 6.10 Å². The Morgan fingerprint density at radius 1 is 1.18 bits per heavy atom. The lowest BCUT2D eigenvalue weighted by atomic mass is 10.0. The molecule has 0 spiro atoms. The van der Waals surface area contributed by atoms with Crippen molar-refractivity contribution in [3.05, 3.63) is 57.8 Å². The van der Waals surface area contributed by atoms with Crippen LogP contribution in [0.2, 0.25) is 0 Å². The minimum Gasteiger partial charge on any atom is -0.387 e. The molecule has 118 valence electrons. The summed E-state index contributed by atoms with van der Waals surface area (Å²) in [5.41, 5.74) is 3.14. The van der Waals surface area contributed by atoms with Crippen LogP contribution in [0.3, 0.4) is 0 Å². The Balaban J connectivity index is 1.79. The summed E-state index contributed by atoms with van der Waals surface area (Å²) in [7, 11) is 0. The number of carbonyl (C=O) groups is 1. The third kappa shape index (κ3) is 5.28. The van der Waals surface area contributed by atoms with Crippen molar-refractivity contribution in [3.8, 4) is 0 Å². The summed E-state index contributed by atoms with van der Waals surface area (Å²) >= 11 is 1.54. The molecule has 1 aromatic heterocycles. The first-order chi connectivity index (χ1) is 10.5. The number of aliphatic hydroxyl groups excluding tert-OH is 1. The van der Waals surface area contributed by atoms with Gasteiger partial charge in [0.15, 0.2) is 0 Å². The van der Waals surface area contributed by atoms with Crippen LogP contribution in [-0.2, 0) is 17.6 Å². The largest absolute Gasteiger partial charge is 0.387 e. The second-order valence-corrected chi connectivity index (χ2v) is 6.75. The molecule has 0 radical (unpaired) electrons. The maximum Gasteiger partial charge on any atom is 0.224 e. The molecule has 1 heterocycles. The fourth-order valence-corrected chi connectivity index (χ4v) is 3.01. The van der Waals surface area contributed by atoms with Crippen LogP contribution in [0.4, 0.5) is 0 Å². The van der Waals surface area contributed by atoms with Crippen LogP contribution in [0.1, 0.15) is 36.6 Å². The van der Waals surface area contributed by atoms with E-state index in [2.05, 4.69) is 31.3 Å². The number of aliphatic hydroxyl groups is 1. The van der Waals surface area contributed by atoms with E-state index in [4.69, 9.17) is 0 Å². The van der Waals surface area contributed by atoms with Crippen molar-refractivity contribution >= 4 is 17.2 Å². The highest BCUT2D eigenvalue weighted by Crippen LogP contribution is 2.15. The molecule has 2 rings (SSSR count). The third-order valence-corrected chi connectivity index (χ3v) is 4.15. The number of thiophene rings is 1. The van der Waals surface area contributed by atoms with Gasteiger partial charge in [-0.2, -0.15) is 11.3 Å². The van der Waals surface area contributed by atoms with Crippen molar-refractivity contribution in [1.82, 2.24) is 5.32 Å². The molecule has 1 unspecified atom stereocenters. The summed E-state index contributed by atoms with van der Waals surface area (Å²) in [5.74, 6) is 0.568. The van der Waals surface area contributed by atoms with Gasteiger partial charge in [0, 0.05) is 6.54 Å². The van der Waals surface area contributed by atoms with Crippen LogP contribution in [0.5, 0.6) is 0 Å². The van der Waals surface area contributed by atoms with E-state index in [9.17, 15) is 9.90 Å². The molecule has 0 fully saturated rings. The zero-order chi connectivity index (χ0) is 15.9. The number of hydrogen-bond acceptors (Lipinski definition) is 3. The van der Waals surface area contributed by atoms with Crippen LogP contribution in [0.25, 0.3) is 0 Å². The molecule has 1 atom stereocenters. The van der Waals surface area contributed by atoms with Crippen LogP contribution >= 0.6 is 11.3 Å². The van der Waals surface area contributed by atoms with Gasteiger partial charge in [0.1, 0.15) is 0 Å². The summed E-state index contributed by atoms with van der Waals surface area (Å²) in [4.78, 5) is 11.9. The van der Waals surface area contributed by atoms with Crippen LogP contribution in [0.15, 0.2) is 41.1 Å². The minimum absolute atomic E-state index is 0.0640. The van der Waals surface area contributed by atoms with Gasteiger partial charge < -0.3 is 10.4 Å². The molecule has 0 saturated carbocycles. The molecule has 2 aromatic rings. The Morgan fingerprint density at radius 3 is 2.45 bits per heavy atom. The Morgan fingerprint density at radius 2 is 1.86 bits per heavy atom. The lowest BCUT2D eigenvalue weighted by molar-refractivity contribution is -0.120. The Bertz CT molecular complexity index is 576. The van der Waals surface area contributed by atoms with E-state index >= 15 is 0 Å². The lowest BCUT2D eigenvalue weighted by Gasteiger charge is -2.11. The van der Waals surface area contributed by atoms with Gasteiger partial charge in [-0.05, 0) is 45.9 Å². The number of rotatable bonds is 7.